The van der Waals surface area contributed by atoms with Crippen molar-refractivity contribution in [1.29, 1.82) is 0 Å². The summed E-state index contributed by atoms with van der Waals surface area (Å²) in [6, 6.07) is -0.374. The van der Waals surface area contributed by atoms with E-state index in [1.165, 1.54) is 0 Å². The molecular weight excluding hydrogens is 220 g/mol. The Morgan fingerprint density at radius 1 is 1.65 bits per heavy atom. The van der Waals surface area contributed by atoms with Crippen molar-refractivity contribution in [2.75, 3.05) is 19.7 Å². The first-order valence-electron chi connectivity index (χ1n) is 6.03. The van der Waals surface area contributed by atoms with Gasteiger partial charge in [0.1, 0.15) is 6.04 Å². The van der Waals surface area contributed by atoms with Crippen molar-refractivity contribution in [3.8, 4) is 0 Å². The third kappa shape index (κ3) is 3.91. The zero-order valence-corrected chi connectivity index (χ0v) is 10.7. The number of nitrogens with zero attached hydrogens (tertiary/aromatic N) is 4. The van der Waals surface area contributed by atoms with E-state index < -0.39 is 0 Å². The van der Waals surface area contributed by atoms with Crippen LogP contribution in [0.1, 0.15) is 27.2 Å². The van der Waals surface area contributed by atoms with E-state index in [1.54, 1.807) is 6.92 Å². The minimum Gasteiger partial charge on any atom is -0.465 e. The molecule has 96 valence electrons. The van der Waals surface area contributed by atoms with Crippen molar-refractivity contribution < 1.29 is 9.53 Å². The number of carbonyl (C=O) groups is 1. The number of ether oxygens (including phenoxy) is 1. The van der Waals surface area contributed by atoms with Crippen molar-refractivity contribution in [2.45, 2.75) is 39.3 Å². The highest BCUT2D eigenvalue weighted by Gasteiger charge is 2.37. The van der Waals surface area contributed by atoms with Gasteiger partial charge in [-0.25, -0.2) is 0 Å². The van der Waals surface area contributed by atoms with Gasteiger partial charge in [0.2, 0.25) is 0 Å². The Balaban J connectivity index is 2.69. The molecule has 1 heterocycles. The largest absolute Gasteiger partial charge is 0.465 e. The summed E-state index contributed by atoms with van der Waals surface area (Å²) >= 11 is 0. The SMILES string of the molecule is CCOC(=O)[C@@H]1C[C@H](N=[N+]=[N-])CN1CC(C)C. The maximum Gasteiger partial charge on any atom is 0.323 e. The van der Waals surface area contributed by atoms with E-state index in [-0.39, 0.29) is 18.1 Å². The van der Waals surface area contributed by atoms with Crippen LogP contribution in [-0.4, -0.2) is 42.6 Å². The van der Waals surface area contributed by atoms with Crippen molar-refractivity contribution in [1.82, 2.24) is 4.90 Å². The Bertz CT molecular complexity index is 313. The van der Waals surface area contributed by atoms with Gasteiger partial charge in [0.05, 0.1) is 12.6 Å². The maximum absolute atomic E-state index is 11.8. The first-order valence-corrected chi connectivity index (χ1v) is 6.03. The molecule has 0 aromatic carbocycles. The van der Waals surface area contributed by atoms with Crippen molar-refractivity contribution in [2.24, 2.45) is 11.0 Å². The lowest BCUT2D eigenvalue weighted by Gasteiger charge is -2.24. The van der Waals surface area contributed by atoms with Crippen LogP contribution in [0.2, 0.25) is 0 Å². The summed E-state index contributed by atoms with van der Waals surface area (Å²) in [6.07, 6.45) is 0.565. The smallest absolute Gasteiger partial charge is 0.323 e. The summed E-state index contributed by atoms with van der Waals surface area (Å²) in [6.45, 7) is 7.85. The second kappa shape index (κ2) is 6.47. The van der Waals surface area contributed by atoms with E-state index in [1.807, 2.05) is 0 Å². The molecule has 2 atom stereocenters. The van der Waals surface area contributed by atoms with Crippen LogP contribution in [0.3, 0.4) is 0 Å². The van der Waals surface area contributed by atoms with E-state index in [4.69, 9.17) is 10.3 Å². The van der Waals surface area contributed by atoms with Gasteiger partial charge in [0, 0.05) is 18.0 Å². The van der Waals surface area contributed by atoms with Crippen molar-refractivity contribution in [3.05, 3.63) is 10.4 Å². The highest BCUT2D eigenvalue weighted by molar-refractivity contribution is 5.76. The molecule has 0 unspecified atom stereocenters. The lowest BCUT2D eigenvalue weighted by Crippen LogP contribution is -2.39. The first-order chi connectivity index (χ1) is 8.08. The van der Waals surface area contributed by atoms with Gasteiger partial charge in [-0.3, -0.25) is 9.69 Å². The highest BCUT2D eigenvalue weighted by Crippen LogP contribution is 2.22. The average Bonchev–Trinajstić information content (AvgIpc) is 2.61. The molecule has 0 amide bonds. The molecular formula is C11H20N4O2. The molecule has 6 nitrogen and oxygen atoms in total. The van der Waals surface area contributed by atoms with E-state index in [0.717, 1.165) is 6.54 Å². The topological polar surface area (TPSA) is 78.3 Å². The van der Waals surface area contributed by atoms with Crippen LogP contribution in [0.4, 0.5) is 0 Å². The van der Waals surface area contributed by atoms with Gasteiger partial charge in [-0.2, -0.15) is 0 Å². The average molecular weight is 240 g/mol. The molecule has 1 saturated heterocycles. The van der Waals surface area contributed by atoms with Crippen LogP contribution in [-0.2, 0) is 9.53 Å². The number of hydrogen-bond donors (Lipinski definition) is 0. The standard InChI is InChI=1S/C11H20N4O2/c1-4-17-11(16)10-5-9(13-14-12)7-15(10)6-8(2)3/h8-10H,4-7H2,1-3H3/t9-,10-/m0/s1. The molecule has 0 N–H and O–H groups in total. The summed E-state index contributed by atoms with van der Waals surface area (Å²) in [5.74, 6) is 0.264. The highest BCUT2D eigenvalue weighted by atomic mass is 16.5. The molecule has 1 fully saturated rings. The number of likely N-dealkylation sites (tertiary alicyclic amines) is 1. The van der Waals surface area contributed by atoms with Crippen LogP contribution >= 0.6 is 0 Å². The summed E-state index contributed by atoms with van der Waals surface area (Å²) in [5.41, 5.74) is 8.45. The fraction of sp³-hybridized carbons (Fsp3) is 0.909. The predicted molar refractivity (Wildman–Crippen MR) is 64.4 cm³/mol. The van der Waals surface area contributed by atoms with E-state index >= 15 is 0 Å². The van der Waals surface area contributed by atoms with Crippen LogP contribution < -0.4 is 0 Å². The first kappa shape index (κ1) is 13.8. The second-order valence-corrected chi connectivity index (χ2v) is 4.71. The second-order valence-electron chi connectivity index (χ2n) is 4.71. The fourth-order valence-electron chi connectivity index (χ4n) is 2.19. The Labute approximate surface area is 102 Å². The zero-order valence-electron chi connectivity index (χ0n) is 10.7. The maximum atomic E-state index is 11.8. The molecule has 1 aliphatic rings. The number of carbonyl (C=O) groups excluding carboxylic acids is 1. The summed E-state index contributed by atoms with van der Waals surface area (Å²) in [7, 11) is 0. The molecule has 6 heteroatoms. The van der Waals surface area contributed by atoms with Gasteiger partial charge in [0.25, 0.3) is 0 Å². The number of esters is 1. The third-order valence-electron chi connectivity index (χ3n) is 2.75. The lowest BCUT2D eigenvalue weighted by atomic mass is 10.1. The molecule has 0 aromatic heterocycles. The van der Waals surface area contributed by atoms with E-state index in [0.29, 0.717) is 25.5 Å². The summed E-state index contributed by atoms with van der Waals surface area (Å²) in [5, 5.41) is 3.71. The molecule has 0 bridgehead atoms. The Morgan fingerprint density at radius 2 is 2.35 bits per heavy atom. The fourth-order valence-corrected chi connectivity index (χ4v) is 2.19. The Morgan fingerprint density at radius 3 is 2.88 bits per heavy atom. The van der Waals surface area contributed by atoms with Gasteiger partial charge in [-0.05, 0) is 24.8 Å². The molecule has 1 rings (SSSR count). The molecule has 0 aromatic rings. The molecule has 17 heavy (non-hydrogen) atoms. The number of hydrogen-bond acceptors (Lipinski definition) is 4. The van der Waals surface area contributed by atoms with Crippen LogP contribution in [0.5, 0.6) is 0 Å². The monoisotopic (exact) mass is 240 g/mol. The van der Waals surface area contributed by atoms with Crippen molar-refractivity contribution in [3.63, 3.8) is 0 Å². The lowest BCUT2D eigenvalue weighted by molar-refractivity contribution is -0.148. The Kier molecular flexibility index (Phi) is 5.25. The minimum atomic E-state index is -0.257. The predicted octanol–water partition coefficient (Wildman–Crippen LogP) is 1.96. The molecule has 0 radical (unpaired) electrons. The molecule has 0 aliphatic carbocycles. The van der Waals surface area contributed by atoms with Gasteiger partial charge in [-0.1, -0.05) is 19.0 Å². The minimum absolute atomic E-state index is 0.117. The molecule has 1 aliphatic heterocycles. The van der Waals surface area contributed by atoms with Gasteiger partial charge in [0.15, 0.2) is 0 Å². The van der Waals surface area contributed by atoms with E-state index in [2.05, 4.69) is 28.8 Å². The van der Waals surface area contributed by atoms with Crippen molar-refractivity contribution >= 4 is 5.97 Å². The summed E-state index contributed by atoms with van der Waals surface area (Å²) in [4.78, 5) is 16.7. The van der Waals surface area contributed by atoms with Gasteiger partial charge >= 0.3 is 5.97 Å². The van der Waals surface area contributed by atoms with E-state index in [9.17, 15) is 4.79 Å². The zero-order chi connectivity index (χ0) is 12.8. The number of rotatable bonds is 5. The third-order valence-corrected chi connectivity index (χ3v) is 2.75. The van der Waals surface area contributed by atoms with Gasteiger partial charge < -0.3 is 4.74 Å². The molecule has 0 saturated carbocycles. The van der Waals surface area contributed by atoms with Crippen LogP contribution in [0.25, 0.3) is 10.4 Å². The molecule has 0 spiro atoms. The Hall–Kier alpha value is -1.26. The normalized spacial score (nSPS) is 24.7. The quantitative estimate of drug-likeness (QED) is 0.319. The number of azide groups is 1. The van der Waals surface area contributed by atoms with Crippen LogP contribution in [0, 0.1) is 5.92 Å². The van der Waals surface area contributed by atoms with Crippen LogP contribution in [0.15, 0.2) is 5.11 Å². The summed E-state index contributed by atoms with van der Waals surface area (Å²) < 4.78 is 5.05. The van der Waals surface area contributed by atoms with Gasteiger partial charge in [-0.15, -0.1) is 0 Å².